The molecular formula is C15H21NO3S2. The van der Waals surface area contributed by atoms with Crippen molar-refractivity contribution in [1.29, 1.82) is 0 Å². The van der Waals surface area contributed by atoms with Gasteiger partial charge in [-0.3, -0.25) is 4.79 Å². The van der Waals surface area contributed by atoms with Gasteiger partial charge in [-0.1, -0.05) is 26.0 Å². The Kier molecular flexibility index (Phi) is 4.99. The molecule has 0 bridgehead atoms. The summed E-state index contributed by atoms with van der Waals surface area (Å²) in [5.41, 5.74) is 0.657. The molecule has 0 aliphatic carbocycles. The molecule has 0 unspecified atom stereocenters. The third-order valence-corrected chi connectivity index (χ3v) is 6.79. The maximum atomic E-state index is 12.4. The lowest BCUT2D eigenvalue weighted by atomic mass is 10.1. The SMILES string of the molecule is CSc1ccccc1C(=O)N1CC(S(=O)(=O)CC(C)C)C1. The summed E-state index contributed by atoms with van der Waals surface area (Å²) in [6.45, 7) is 4.43. The Morgan fingerprint density at radius 3 is 2.52 bits per heavy atom. The van der Waals surface area contributed by atoms with E-state index in [4.69, 9.17) is 0 Å². The predicted molar refractivity (Wildman–Crippen MR) is 86.5 cm³/mol. The van der Waals surface area contributed by atoms with Crippen LogP contribution in [0.3, 0.4) is 0 Å². The minimum Gasteiger partial charge on any atom is -0.336 e. The predicted octanol–water partition coefficient (Wildman–Crippen LogP) is 2.30. The van der Waals surface area contributed by atoms with Crippen molar-refractivity contribution in [1.82, 2.24) is 4.90 Å². The van der Waals surface area contributed by atoms with E-state index in [0.717, 1.165) is 4.90 Å². The van der Waals surface area contributed by atoms with Crippen LogP contribution >= 0.6 is 11.8 Å². The Balaban J connectivity index is 2.03. The van der Waals surface area contributed by atoms with Crippen molar-refractivity contribution in [2.45, 2.75) is 24.0 Å². The molecule has 0 radical (unpaired) electrons. The topological polar surface area (TPSA) is 54.5 Å². The Morgan fingerprint density at radius 1 is 1.33 bits per heavy atom. The normalized spacial score (nSPS) is 16.1. The zero-order chi connectivity index (χ0) is 15.6. The highest BCUT2D eigenvalue weighted by molar-refractivity contribution is 7.98. The molecule has 1 heterocycles. The third kappa shape index (κ3) is 3.61. The van der Waals surface area contributed by atoms with Gasteiger partial charge in [0.15, 0.2) is 9.84 Å². The number of benzene rings is 1. The van der Waals surface area contributed by atoms with Crippen LogP contribution in [0.25, 0.3) is 0 Å². The lowest BCUT2D eigenvalue weighted by molar-refractivity contribution is 0.0655. The van der Waals surface area contributed by atoms with Crippen LogP contribution in [0.1, 0.15) is 24.2 Å². The highest BCUT2D eigenvalue weighted by Crippen LogP contribution is 2.25. The smallest absolute Gasteiger partial charge is 0.255 e. The molecule has 0 spiro atoms. The second-order valence-electron chi connectivity index (χ2n) is 5.76. The van der Waals surface area contributed by atoms with E-state index < -0.39 is 15.1 Å². The summed E-state index contributed by atoms with van der Waals surface area (Å²) in [6.07, 6.45) is 1.93. The number of amides is 1. The van der Waals surface area contributed by atoms with Crippen molar-refractivity contribution in [3.63, 3.8) is 0 Å². The number of hydrogen-bond acceptors (Lipinski definition) is 4. The van der Waals surface area contributed by atoms with Crippen LogP contribution < -0.4 is 0 Å². The summed E-state index contributed by atoms with van der Waals surface area (Å²) in [6, 6.07) is 7.43. The molecule has 0 saturated carbocycles. The Bertz CT molecular complexity index is 620. The Hall–Kier alpha value is -1.01. The largest absolute Gasteiger partial charge is 0.336 e. The maximum Gasteiger partial charge on any atom is 0.255 e. The van der Waals surface area contributed by atoms with Gasteiger partial charge < -0.3 is 4.90 Å². The lowest BCUT2D eigenvalue weighted by Crippen LogP contribution is -2.57. The standard InChI is InChI=1S/C15H21NO3S2/c1-11(2)10-21(18,19)12-8-16(9-12)15(17)13-6-4-5-7-14(13)20-3/h4-7,11-12H,8-10H2,1-3H3. The minimum absolute atomic E-state index is 0.0732. The fourth-order valence-corrected chi connectivity index (χ4v) is 5.03. The molecule has 0 atom stereocenters. The molecule has 1 aromatic rings. The number of rotatable bonds is 5. The first-order chi connectivity index (χ1) is 9.85. The first-order valence-electron chi connectivity index (χ1n) is 6.99. The van der Waals surface area contributed by atoms with Crippen molar-refractivity contribution in [2.24, 2.45) is 5.92 Å². The quantitative estimate of drug-likeness (QED) is 0.779. The molecule has 1 amide bonds. The molecule has 1 aliphatic heterocycles. The lowest BCUT2D eigenvalue weighted by Gasteiger charge is -2.39. The summed E-state index contributed by atoms with van der Waals surface area (Å²) in [5.74, 6) is 0.245. The number of carbonyl (C=O) groups is 1. The number of hydrogen-bond donors (Lipinski definition) is 0. The number of nitrogens with zero attached hydrogens (tertiary/aromatic N) is 1. The summed E-state index contributed by atoms with van der Waals surface area (Å²) in [4.78, 5) is 15.0. The van der Waals surface area contributed by atoms with Gasteiger partial charge in [-0.2, -0.15) is 0 Å². The van der Waals surface area contributed by atoms with Crippen molar-refractivity contribution in [2.75, 3.05) is 25.1 Å². The molecule has 1 aliphatic rings. The van der Waals surface area contributed by atoms with Gasteiger partial charge in [0.25, 0.3) is 5.91 Å². The number of sulfone groups is 1. The second-order valence-corrected chi connectivity index (χ2v) is 8.93. The monoisotopic (exact) mass is 327 g/mol. The van der Waals surface area contributed by atoms with Gasteiger partial charge in [0, 0.05) is 18.0 Å². The average Bonchev–Trinajstić information content (AvgIpc) is 2.34. The average molecular weight is 327 g/mol. The number of carbonyl (C=O) groups excluding carboxylic acids is 1. The molecule has 6 heteroatoms. The van der Waals surface area contributed by atoms with Gasteiger partial charge in [-0.05, 0) is 24.3 Å². The molecule has 1 fully saturated rings. The van der Waals surface area contributed by atoms with Crippen molar-refractivity contribution in [3.8, 4) is 0 Å². The summed E-state index contributed by atoms with van der Waals surface area (Å²) in [7, 11) is -3.09. The van der Waals surface area contributed by atoms with E-state index in [1.54, 1.807) is 11.0 Å². The Labute approximate surface area is 130 Å². The van der Waals surface area contributed by atoms with E-state index in [-0.39, 0.29) is 17.6 Å². The van der Waals surface area contributed by atoms with E-state index in [2.05, 4.69) is 0 Å². The van der Waals surface area contributed by atoms with Gasteiger partial charge in [-0.25, -0.2) is 8.42 Å². The van der Waals surface area contributed by atoms with Crippen LogP contribution in [0.15, 0.2) is 29.2 Å². The Morgan fingerprint density at radius 2 is 1.95 bits per heavy atom. The van der Waals surface area contributed by atoms with Crippen LogP contribution in [0.4, 0.5) is 0 Å². The fraction of sp³-hybridized carbons (Fsp3) is 0.533. The fourth-order valence-electron chi connectivity index (χ4n) is 2.42. The van der Waals surface area contributed by atoms with E-state index in [9.17, 15) is 13.2 Å². The molecule has 2 rings (SSSR count). The summed E-state index contributed by atoms with van der Waals surface area (Å²) in [5, 5.41) is -0.398. The van der Waals surface area contributed by atoms with Crippen molar-refractivity contribution >= 4 is 27.5 Å². The minimum atomic E-state index is -3.09. The zero-order valence-electron chi connectivity index (χ0n) is 12.6. The highest BCUT2D eigenvalue weighted by Gasteiger charge is 2.40. The molecule has 116 valence electrons. The zero-order valence-corrected chi connectivity index (χ0v) is 14.2. The van der Waals surface area contributed by atoms with Crippen LogP contribution in [-0.2, 0) is 9.84 Å². The van der Waals surface area contributed by atoms with Gasteiger partial charge in [0.05, 0.1) is 16.6 Å². The molecule has 1 aromatic carbocycles. The maximum absolute atomic E-state index is 12.4. The first-order valence-corrected chi connectivity index (χ1v) is 9.93. The van der Waals surface area contributed by atoms with Crippen LogP contribution in [0, 0.1) is 5.92 Å². The summed E-state index contributed by atoms with van der Waals surface area (Å²) < 4.78 is 24.2. The van der Waals surface area contributed by atoms with Crippen LogP contribution in [0.2, 0.25) is 0 Å². The van der Waals surface area contributed by atoms with Gasteiger partial charge in [-0.15, -0.1) is 11.8 Å². The molecular weight excluding hydrogens is 306 g/mol. The van der Waals surface area contributed by atoms with Crippen molar-refractivity contribution in [3.05, 3.63) is 29.8 Å². The van der Waals surface area contributed by atoms with Gasteiger partial charge >= 0.3 is 0 Å². The second kappa shape index (κ2) is 6.40. The highest BCUT2D eigenvalue weighted by atomic mass is 32.2. The molecule has 21 heavy (non-hydrogen) atoms. The number of thioether (sulfide) groups is 1. The third-order valence-electron chi connectivity index (χ3n) is 3.55. The van der Waals surface area contributed by atoms with Gasteiger partial charge in [0.2, 0.25) is 0 Å². The summed E-state index contributed by atoms with van der Waals surface area (Å²) >= 11 is 1.52. The first kappa shape index (κ1) is 16.4. The molecule has 4 nitrogen and oxygen atoms in total. The molecule has 1 saturated heterocycles. The van der Waals surface area contributed by atoms with E-state index in [1.807, 2.05) is 38.3 Å². The number of likely N-dealkylation sites (tertiary alicyclic amines) is 1. The van der Waals surface area contributed by atoms with E-state index >= 15 is 0 Å². The molecule has 0 N–H and O–H groups in total. The van der Waals surface area contributed by atoms with E-state index in [1.165, 1.54) is 11.8 Å². The van der Waals surface area contributed by atoms with E-state index in [0.29, 0.717) is 18.7 Å². The van der Waals surface area contributed by atoms with Crippen molar-refractivity contribution < 1.29 is 13.2 Å². The van der Waals surface area contributed by atoms with Crippen LogP contribution in [0.5, 0.6) is 0 Å². The van der Waals surface area contributed by atoms with Gasteiger partial charge in [0.1, 0.15) is 0 Å². The van der Waals surface area contributed by atoms with Crippen LogP contribution in [-0.4, -0.2) is 49.6 Å². The molecule has 0 aromatic heterocycles.